The van der Waals surface area contributed by atoms with E-state index >= 15 is 4.39 Å². The van der Waals surface area contributed by atoms with Gasteiger partial charge < -0.3 is 24.1 Å². The summed E-state index contributed by atoms with van der Waals surface area (Å²) in [5.74, 6) is -1.04. The van der Waals surface area contributed by atoms with Crippen molar-refractivity contribution in [1.82, 2.24) is 14.7 Å². The molecule has 2 fully saturated rings. The predicted molar refractivity (Wildman–Crippen MR) is 216 cm³/mol. The Morgan fingerprint density at radius 2 is 1.79 bits per heavy atom. The van der Waals surface area contributed by atoms with Gasteiger partial charge in [0.15, 0.2) is 5.75 Å². The molecule has 0 saturated carbocycles. The fraction of sp³-hybridized carbons (Fsp3) is 0.238. The van der Waals surface area contributed by atoms with Crippen LogP contribution in [0.4, 0.5) is 15.8 Å². The summed E-state index contributed by atoms with van der Waals surface area (Å²) in [6.45, 7) is 0.774. The second-order valence-electron chi connectivity index (χ2n) is 14.2. The van der Waals surface area contributed by atoms with Crippen molar-refractivity contribution in [3.05, 3.63) is 136 Å². The number of pyridine rings is 1. The van der Waals surface area contributed by atoms with Crippen LogP contribution in [-0.2, 0) is 14.8 Å². The normalized spacial score (nSPS) is 16.6. The molecule has 0 bridgehead atoms. The molecule has 2 N–H and O–H groups in total. The number of fused-ring (bicyclic) bond motifs is 1. The Hall–Kier alpha value is -6.03. The van der Waals surface area contributed by atoms with Gasteiger partial charge in [0.1, 0.15) is 29.4 Å². The lowest BCUT2D eigenvalue weighted by Gasteiger charge is -2.29. The number of sulfonamides is 1. The van der Waals surface area contributed by atoms with Gasteiger partial charge in [-0.2, -0.15) is 0 Å². The summed E-state index contributed by atoms with van der Waals surface area (Å²) in [5.41, 5.74) is 1.64. The van der Waals surface area contributed by atoms with E-state index in [9.17, 15) is 23.3 Å². The van der Waals surface area contributed by atoms with E-state index in [4.69, 9.17) is 25.8 Å². The van der Waals surface area contributed by atoms with E-state index in [1.807, 2.05) is 47.2 Å². The largest absolute Gasteiger partial charge is 0.483 e. The van der Waals surface area contributed by atoms with Crippen molar-refractivity contribution in [2.45, 2.75) is 42.3 Å². The Morgan fingerprint density at radius 1 is 1.02 bits per heavy atom. The van der Waals surface area contributed by atoms with Gasteiger partial charge in [0.2, 0.25) is 0 Å². The second kappa shape index (κ2) is 16.1. The molecule has 2 aliphatic rings. The maximum atomic E-state index is 15.1. The lowest BCUT2D eigenvalue weighted by molar-refractivity contribution is -0.386. The summed E-state index contributed by atoms with van der Waals surface area (Å²) >= 11 is 6.57. The van der Waals surface area contributed by atoms with Crippen molar-refractivity contribution in [2.75, 3.05) is 31.3 Å². The summed E-state index contributed by atoms with van der Waals surface area (Å²) in [4.78, 5) is 34.1. The number of ether oxygens (including phenoxy) is 3. The van der Waals surface area contributed by atoms with Crippen molar-refractivity contribution in [2.24, 2.45) is 0 Å². The SMILES string of the molecule is O=C(NS(=O)(=O)c1ccc(OCC2(F)CCOCC2)c([N+](=O)[O-])c1)c1ccc(-c2ccc(N3CCCC3c3ccccc3Cl)cc2)cc1Oc1cnc2[nH]ccc2c1. The summed E-state index contributed by atoms with van der Waals surface area (Å²) in [5, 5.41) is 13.5. The predicted octanol–water partition coefficient (Wildman–Crippen LogP) is 8.94. The highest BCUT2D eigenvalue weighted by Crippen LogP contribution is 2.40. The van der Waals surface area contributed by atoms with Crippen molar-refractivity contribution < 1.29 is 36.7 Å². The van der Waals surface area contributed by atoms with Crippen LogP contribution in [0.5, 0.6) is 17.2 Å². The number of rotatable bonds is 12. The molecule has 4 heterocycles. The third kappa shape index (κ3) is 8.19. The minimum Gasteiger partial charge on any atom is -0.483 e. The minimum atomic E-state index is -4.68. The summed E-state index contributed by atoms with van der Waals surface area (Å²) in [7, 11) is -4.68. The number of aromatic nitrogens is 2. The molecule has 1 unspecified atom stereocenters. The fourth-order valence-corrected chi connectivity index (χ4v) is 8.57. The molecule has 0 spiro atoms. The quantitative estimate of drug-likeness (QED) is 0.0899. The third-order valence-corrected chi connectivity index (χ3v) is 12.1. The zero-order valence-electron chi connectivity index (χ0n) is 30.9. The molecule has 1 atom stereocenters. The lowest BCUT2D eigenvalue weighted by Crippen LogP contribution is -2.37. The first kappa shape index (κ1) is 38.8. The van der Waals surface area contributed by atoms with Crippen LogP contribution in [-0.4, -0.2) is 61.3 Å². The smallest absolute Gasteiger partial charge is 0.312 e. The number of benzene rings is 4. The molecule has 4 aromatic carbocycles. The van der Waals surface area contributed by atoms with E-state index in [-0.39, 0.29) is 54.9 Å². The number of hydrogen-bond donors (Lipinski definition) is 2. The molecule has 58 heavy (non-hydrogen) atoms. The number of alkyl halides is 1. The van der Waals surface area contributed by atoms with Crippen LogP contribution >= 0.6 is 11.6 Å². The summed E-state index contributed by atoms with van der Waals surface area (Å²) in [6.07, 6.45) is 5.30. The standard InChI is InChI=1S/C42H37ClFN5O8S/c43-35-5-2-1-4-33(35)36-6-3-19-48(36)30-10-7-27(8-11-30)28-9-13-34(39(23-28)57-31-22-29-15-18-45-40(29)46-25-31)41(50)47-58(53,54)32-12-14-38(37(24-32)49(51)52)56-26-42(44)16-20-55-21-17-42/h1-2,4-5,7-15,18,22-25,36H,3,6,16-17,19-21,26H2,(H,45,46)(H,47,50). The van der Waals surface area contributed by atoms with Crippen molar-refractivity contribution in [1.29, 1.82) is 0 Å². The number of nitro benzene ring substituents is 1. The minimum absolute atomic E-state index is 0.0345. The van der Waals surface area contributed by atoms with E-state index in [1.165, 1.54) is 12.3 Å². The highest BCUT2D eigenvalue weighted by molar-refractivity contribution is 7.90. The van der Waals surface area contributed by atoms with Gasteiger partial charge in [-0.25, -0.2) is 22.5 Å². The Balaban J connectivity index is 1.06. The van der Waals surface area contributed by atoms with Crippen LogP contribution < -0.4 is 19.1 Å². The molecule has 1 amide bonds. The zero-order valence-corrected chi connectivity index (χ0v) is 32.5. The van der Waals surface area contributed by atoms with Crippen molar-refractivity contribution >= 4 is 49.9 Å². The van der Waals surface area contributed by atoms with Gasteiger partial charge in [-0.1, -0.05) is 48.0 Å². The van der Waals surface area contributed by atoms with E-state index in [0.29, 0.717) is 11.2 Å². The molecule has 0 radical (unpaired) electrons. The van der Waals surface area contributed by atoms with Crippen LogP contribution in [0.2, 0.25) is 5.02 Å². The number of nitrogens with zero attached hydrogens (tertiary/aromatic N) is 3. The van der Waals surface area contributed by atoms with Gasteiger partial charge in [0.25, 0.3) is 15.9 Å². The average molecular weight is 826 g/mol. The highest BCUT2D eigenvalue weighted by Gasteiger charge is 2.35. The first-order chi connectivity index (χ1) is 28.0. The topological polar surface area (TPSA) is 166 Å². The Kier molecular flexibility index (Phi) is 10.8. The number of nitro groups is 1. The maximum Gasteiger partial charge on any atom is 0.312 e. The Bertz CT molecular complexity index is 2620. The average Bonchev–Trinajstić information content (AvgIpc) is 3.91. The highest BCUT2D eigenvalue weighted by atomic mass is 35.5. The van der Waals surface area contributed by atoms with E-state index in [0.717, 1.165) is 64.8 Å². The van der Waals surface area contributed by atoms with Crippen LogP contribution in [0.25, 0.3) is 22.2 Å². The molecule has 8 rings (SSSR count). The molecule has 0 aliphatic carbocycles. The van der Waals surface area contributed by atoms with Gasteiger partial charge in [-0.05, 0) is 84.1 Å². The number of H-pyrrole nitrogens is 1. The lowest BCUT2D eigenvalue weighted by atomic mass is 9.98. The number of aromatic amines is 1. The summed E-state index contributed by atoms with van der Waals surface area (Å²) in [6, 6.07) is 27.2. The van der Waals surface area contributed by atoms with E-state index in [1.54, 1.807) is 30.5 Å². The van der Waals surface area contributed by atoms with Crippen LogP contribution in [0.1, 0.15) is 47.6 Å². The molecule has 13 nitrogen and oxygen atoms in total. The van der Waals surface area contributed by atoms with Gasteiger partial charge in [-0.3, -0.25) is 14.9 Å². The molecular weight excluding hydrogens is 789 g/mol. The molecule has 6 aromatic rings. The molecule has 298 valence electrons. The van der Waals surface area contributed by atoms with Gasteiger partial charge in [0, 0.05) is 61.0 Å². The fourth-order valence-electron chi connectivity index (χ4n) is 7.32. The molecule has 2 saturated heterocycles. The number of nitrogens with one attached hydrogen (secondary N) is 2. The van der Waals surface area contributed by atoms with Crippen molar-refractivity contribution in [3.8, 4) is 28.4 Å². The second-order valence-corrected chi connectivity index (χ2v) is 16.3. The number of carbonyl (C=O) groups is 1. The molecule has 2 aliphatic heterocycles. The number of amides is 1. The first-order valence-corrected chi connectivity index (χ1v) is 20.4. The molecule has 2 aromatic heterocycles. The Morgan fingerprint density at radius 3 is 2.57 bits per heavy atom. The zero-order chi connectivity index (χ0) is 40.4. The number of hydrogen-bond acceptors (Lipinski definition) is 10. The third-order valence-electron chi connectivity index (χ3n) is 10.4. The maximum absolute atomic E-state index is 15.1. The van der Waals surface area contributed by atoms with Crippen molar-refractivity contribution in [3.63, 3.8) is 0 Å². The summed E-state index contributed by atoms with van der Waals surface area (Å²) < 4.78 is 61.2. The number of anilines is 1. The first-order valence-electron chi connectivity index (χ1n) is 18.6. The monoisotopic (exact) mass is 825 g/mol. The van der Waals surface area contributed by atoms with Crippen LogP contribution in [0.15, 0.2) is 114 Å². The van der Waals surface area contributed by atoms with Crippen LogP contribution in [0.3, 0.4) is 0 Å². The molecular formula is C42H37ClFN5O8S. The number of halogens is 2. The van der Waals surface area contributed by atoms with E-state index < -0.39 is 43.7 Å². The van der Waals surface area contributed by atoms with Gasteiger partial charge in [0.05, 0.1) is 27.6 Å². The Labute approximate surface area is 337 Å². The molecule has 16 heteroatoms. The number of carbonyl (C=O) groups excluding carboxylic acids is 1. The van der Waals surface area contributed by atoms with E-state index in [2.05, 4.69) is 20.9 Å². The van der Waals surface area contributed by atoms with Gasteiger partial charge >= 0.3 is 5.69 Å². The van der Waals surface area contributed by atoms with Crippen LogP contribution in [0, 0.1) is 10.1 Å². The van der Waals surface area contributed by atoms with Gasteiger partial charge in [-0.15, -0.1) is 0 Å².